The molecular weight excluding hydrogens is 281 g/mol. The van der Waals surface area contributed by atoms with Gasteiger partial charge in [-0.15, -0.1) is 0 Å². The van der Waals surface area contributed by atoms with Crippen LogP contribution in [0.25, 0.3) is 16.7 Å². The van der Waals surface area contributed by atoms with E-state index in [2.05, 4.69) is 4.98 Å². The van der Waals surface area contributed by atoms with Crippen LogP contribution in [0.4, 0.5) is 10.3 Å². The third kappa shape index (κ3) is 1.87. The van der Waals surface area contributed by atoms with Gasteiger partial charge in [-0.3, -0.25) is 4.57 Å². The van der Waals surface area contributed by atoms with Crippen LogP contribution in [0.5, 0.6) is 5.75 Å². The monoisotopic (exact) mass is 291 g/mol. The maximum atomic E-state index is 13.6. The SMILES string of the molecule is COc1cccc2c1nc(N)n2-c1ccc(Cl)c(F)c1. The molecule has 4 nitrogen and oxygen atoms in total. The number of nitrogens with zero attached hydrogens (tertiary/aromatic N) is 2. The van der Waals surface area contributed by atoms with Crippen molar-refractivity contribution in [2.75, 3.05) is 12.8 Å². The summed E-state index contributed by atoms with van der Waals surface area (Å²) >= 11 is 5.70. The molecule has 102 valence electrons. The van der Waals surface area contributed by atoms with Crippen LogP contribution in [0.15, 0.2) is 36.4 Å². The Kier molecular flexibility index (Phi) is 2.99. The highest BCUT2D eigenvalue weighted by Crippen LogP contribution is 2.30. The summed E-state index contributed by atoms with van der Waals surface area (Å²) in [5, 5.41) is 0.0642. The summed E-state index contributed by atoms with van der Waals surface area (Å²) in [5.41, 5.74) is 7.86. The number of rotatable bonds is 2. The predicted octanol–water partition coefficient (Wildman–Crippen LogP) is 3.41. The van der Waals surface area contributed by atoms with E-state index in [4.69, 9.17) is 22.1 Å². The number of nitrogens with two attached hydrogens (primary N) is 1. The van der Waals surface area contributed by atoms with Crippen molar-refractivity contribution in [2.24, 2.45) is 0 Å². The van der Waals surface area contributed by atoms with Gasteiger partial charge in [0.2, 0.25) is 5.95 Å². The van der Waals surface area contributed by atoms with Crippen LogP contribution < -0.4 is 10.5 Å². The Hall–Kier alpha value is -2.27. The number of ether oxygens (including phenoxy) is 1. The van der Waals surface area contributed by atoms with Crippen LogP contribution in [0.2, 0.25) is 5.02 Å². The van der Waals surface area contributed by atoms with Crippen molar-refractivity contribution in [3.63, 3.8) is 0 Å². The summed E-state index contributed by atoms with van der Waals surface area (Å²) < 4.78 is 20.5. The maximum absolute atomic E-state index is 13.6. The Morgan fingerprint density at radius 1 is 1.30 bits per heavy atom. The van der Waals surface area contributed by atoms with Crippen molar-refractivity contribution in [2.45, 2.75) is 0 Å². The highest BCUT2D eigenvalue weighted by Gasteiger charge is 2.14. The van der Waals surface area contributed by atoms with Crippen LogP contribution in [0, 0.1) is 5.82 Å². The first-order valence-electron chi connectivity index (χ1n) is 5.88. The molecule has 3 aromatic rings. The predicted molar refractivity (Wildman–Crippen MR) is 77.0 cm³/mol. The molecule has 2 N–H and O–H groups in total. The van der Waals surface area contributed by atoms with Crippen molar-refractivity contribution in [3.05, 3.63) is 47.2 Å². The zero-order chi connectivity index (χ0) is 14.3. The van der Waals surface area contributed by atoms with E-state index in [1.807, 2.05) is 12.1 Å². The number of para-hydroxylation sites is 1. The largest absolute Gasteiger partial charge is 0.494 e. The van der Waals surface area contributed by atoms with E-state index in [1.54, 1.807) is 23.8 Å². The van der Waals surface area contributed by atoms with Crippen LogP contribution in [0.3, 0.4) is 0 Å². The van der Waals surface area contributed by atoms with E-state index in [1.165, 1.54) is 12.1 Å². The minimum atomic E-state index is -0.506. The Bertz CT molecular complexity index is 800. The van der Waals surface area contributed by atoms with E-state index >= 15 is 0 Å². The summed E-state index contributed by atoms with van der Waals surface area (Å²) in [6, 6.07) is 9.94. The van der Waals surface area contributed by atoms with Gasteiger partial charge in [0, 0.05) is 0 Å². The number of hydrogen-bond donors (Lipinski definition) is 1. The summed E-state index contributed by atoms with van der Waals surface area (Å²) in [6.07, 6.45) is 0. The lowest BCUT2D eigenvalue weighted by Crippen LogP contribution is -2.01. The van der Waals surface area contributed by atoms with Crippen molar-refractivity contribution in [1.29, 1.82) is 0 Å². The Morgan fingerprint density at radius 3 is 2.80 bits per heavy atom. The van der Waals surface area contributed by atoms with Crippen molar-refractivity contribution in [3.8, 4) is 11.4 Å². The number of anilines is 1. The molecule has 0 aliphatic rings. The number of aromatic nitrogens is 2. The fourth-order valence-corrected chi connectivity index (χ4v) is 2.27. The second-order valence-electron chi connectivity index (χ2n) is 4.23. The van der Waals surface area contributed by atoms with E-state index in [9.17, 15) is 4.39 Å². The smallest absolute Gasteiger partial charge is 0.206 e. The molecule has 0 atom stereocenters. The molecule has 6 heteroatoms. The molecule has 0 aliphatic heterocycles. The van der Waals surface area contributed by atoms with Gasteiger partial charge in [0.25, 0.3) is 0 Å². The maximum Gasteiger partial charge on any atom is 0.206 e. The average molecular weight is 292 g/mol. The molecule has 0 fully saturated rings. The number of benzene rings is 2. The third-order valence-electron chi connectivity index (χ3n) is 3.06. The molecule has 0 saturated carbocycles. The molecular formula is C14H11ClFN3O. The van der Waals surface area contributed by atoms with Gasteiger partial charge in [0.05, 0.1) is 23.3 Å². The van der Waals surface area contributed by atoms with Crippen LogP contribution in [0.1, 0.15) is 0 Å². The summed E-state index contributed by atoms with van der Waals surface area (Å²) in [5.74, 6) is 0.363. The number of hydrogen-bond acceptors (Lipinski definition) is 3. The molecule has 0 bridgehead atoms. The lowest BCUT2D eigenvalue weighted by Gasteiger charge is -2.07. The van der Waals surface area contributed by atoms with Gasteiger partial charge in [0.15, 0.2) is 0 Å². The fraction of sp³-hybridized carbons (Fsp3) is 0.0714. The normalized spacial score (nSPS) is 10.9. The molecule has 1 aromatic heterocycles. The molecule has 0 radical (unpaired) electrons. The minimum Gasteiger partial charge on any atom is -0.494 e. The van der Waals surface area contributed by atoms with Gasteiger partial charge in [-0.1, -0.05) is 17.7 Å². The van der Waals surface area contributed by atoms with E-state index in [-0.39, 0.29) is 11.0 Å². The van der Waals surface area contributed by atoms with Gasteiger partial charge < -0.3 is 10.5 Å². The van der Waals surface area contributed by atoms with Gasteiger partial charge in [-0.2, -0.15) is 0 Å². The summed E-state index contributed by atoms with van der Waals surface area (Å²) in [7, 11) is 1.56. The first-order chi connectivity index (χ1) is 9.61. The standard InChI is InChI=1S/C14H11ClFN3O/c1-20-12-4-2-3-11-13(12)18-14(17)19(11)8-5-6-9(15)10(16)7-8/h2-7H,1H3,(H2,17,18). The van der Waals surface area contributed by atoms with Crippen molar-refractivity contribution in [1.82, 2.24) is 9.55 Å². The van der Waals surface area contributed by atoms with Crippen molar-refractivity contribution < 1.29 is 9.13 Å². The summed E-state index contributed by atoms with van der Waals surface area (Å²) in [6.45, 7) is 0. The molecule has 2 aromatic carbocycles. The molecule has 0 saturated heterocycles. The lowest BCUT2D eigenvalue weighted by atomic mass is 10.2. The molecule has 1 heterocycles. The fourth-order valence-electron chi connectivity index (χ4n) is 2.15. The van der Waals surface area contributed by atoms with Crippen LogP contribution in [-0.4, -0.2) is 16.7 Å². The number of methoxy groups -OCH3 is 1. The second kappa shape index (κ2) is 4.68. The van der Waals surface area contributed by atoms with E-state index < -0.39 is 5.82 Å². The Balaban J connectivity index is 2.30. The first-order valence-corrected chi connectivity index (χ1v) is 6.26. The number of fused-ring (bicyclic) bond motifs is 1. The molecule has 3 rings (SSSR count). The lowest BCUT2D eigenvalue weighted by molar-refractivity contribution is 0.419. The Morgan fingerprint density at radius 2 is 2.10 bits per heavy atom. The molecule has 20 heavy (non-hydrogen) atoms. The van der Waals surface area contributed by atoms with Crippen molar-refractivity contribution >= 4 is 28.6 Å². The zero-order valence-corrected chi connectivity index (χ0v) is 11.4. The zero-order valence-electron chi connectivity index (χ0n) is 10.6. The second-order valence-corrected chi connectivity index (χ2v) is 4.64. The van der Waals surface area contributed by atoms with Gasteiger partial charge in [-0.25, -0.2) is 9.37 Å². The highest BCUT2D eigenvalue weighted by atomic mass is 35.5. The van der Waals surface area contributed by atoms with Crippen LogP contribution >= 0.6 is 11.6 Å². The van der Waals surface area contributed by atoms with Gasteiger partial charge in [-0.05, 0) is 30.3 Å². The quantitative estimate of drug-likeness (QED) is 0.787. The molecule has 0 unspecified atom stereocenters. The number of halogens is 2. The Labute approximate surface area is 119 Å². The van der Waals surface area contributed by atoms with E-state index in [0.29, 0.717) is 17.0 Å². The minimum absolute atomic E-state index is 0.0642. The van der Waals surface area contributed by atoms with Crippen LogP contribution in [-0.2, 0) is 0 Å². The highest BCUT2D eigenvalue weighted by molar-refractivity contribution is 6.30. The van der Waals surface area contributed by atoms with E-state index in [0.717, 1.165) is 5.52 Å². The topological polar surface area (TPSA) is 53.1 Å². The number of imidazole rings is 1. The number of nitrogen functional groups attached to an aromatic ring is 1. The molecule has 0 amide bonds. The third-order valence-corrected chi connectivity index (χ3v) is 3.36. The molecule has 0 aliphatic carbocycles. The summed E-state index contributed by atoms with van der Waals surface area (Å²) in [4.78, 5) is 4.27. The van der Waals surface area contributed by atoms with Gasteiger partial charge >= 0.3 is 0 Å². The molecule has 0 spiro atoms. The average Bonchev–Trinajstić information content (AvgIpc) is 2.78. The first kappa shape index (κ1) is 12.7. The van der Waals surface area contributed by atoms with Gasteiger partial charge in [0.1, 0.15) is 17.1 Å².